The number of aryl methyl sites for hydroxylation is 1. The Balaban J connectivity index is 1.91. The lowest BCUT2D eigenvalue weighted by Gasteiger charge is -2.36. The Bertz CT molecular complexity index is 475. The topological polar surface area (TPSA) is 70.5 Å². The number of aromatic nitrogens is 1. The number of carboxylic acid groups (broad SMARTS) is 1. The molecule has 2 atom stereocenters. The quantitative estimate of drug-likeness (QED) is 0.909. The first-order valence-electron chi connectivity index (χ1n) is 7.00. The summed E-state index contributed by atoms with van der Waals surface area (Å²) in [5, 5.41) is 9.08. The van der Waals surface area contributed by atoms with Gasteiger partial charge in [-0.15, -0.1) is 0 Å². The predicted octanol–water partition coefficient (Wildman–Crippen LogP) is 1.73. The fourth-order valence-electron chi connectivity index (χ4n) is 2.58. The normalized spacial score (nSPS) is 22.6. The summed E-state index contributed by atoms with van der Waals surface area (Å²) in [6.45, 7) is 2.31. The van der Waals surface area contributed by atoms with Crippen LogP contribution in [0.2, 0.25) is 0 Å². The third-order valence-electron chi connectivity index (χ3n) is 3.87. The third kappa shape index (κ3) is 3.56. The average molecular weight is 276 g/mol. The average Bonchev–Trinajstić information content (AvgIpc) is 2.46. The van der Waals surface area contributed by atoms with E-state index in [1.807, 2.05) is 25.1 Å². The van der Waals surface area contributed by atoms with Crippen LogP contribution in [0.25, 0.3) is 0 Å². The Morgan fingerprint density at radius 2 is 2.20 bits per heavy atom. The molecule has 0 bridgehead atoms. The fourth-order valence-corrected chi connectivity index (χ4v) is 2.58. The number of carboxylic acids is 1. The summed E-state index contributed by atoms with van der Waals surface area (Å²) >= 11 is 0. The Morgan fingerprint density at radius 3 is 2.85 bits per heavy atom. The fraction of sp³-hybridized carbons (Fsp3) is 0.533. The highest BCUT2D eigenvalue weighted by atomic mass is 16.4. The van der Waals surface area contributed by atoms with E-state index in [0.717, 1.165) is 12.1 Å². The number of nitrogens with zero attached hydrogens (tertiary/aromatic N) is 2. The van der Waals surface area contributed by atoms with E-state index in [1.54, 1.807) is 11.1 Å². The summed E-state index contributed by atoms with van der Waals surface area (Å²) in [7, 11) is 0. The first kappa shape index (κ1) is 14.5. The van der Waals surface area contributed by atoms with Gasteiger partial charge in [-0.2, -0.15) is 0 Å². The van der Waals surface area contributed by atoms with Crippen LogP contribution < -0.4 is 0 Å². The second-order valence-corrected chi connectivity index (χ2v) is 5.33. The van der Waals surface area contributed by atoms with Crippen molar-refractivity contribution in [2.75, 3.05) is 6.54 Å². The highest BCUT2D eigenvalue weighted by Gasteiger charge is 2.32. The zero-order valence-electron chi connectivity index (χ0n) is 11.7. The van der Waals surface area contributed by atoms with Crippen LogP contribution >= 0.6 is 0 Å². The van der Waals surface area contributed by atoms with Crippen LogP contribution in [0.15, 0.2) is 24.4 Å². The number of likely N-dealkylation sites (tertiary alicyclic amines) is 1. The smallest absolute Gasteiger partial charge is 0.308 e. The minimum atomic E-state index is -0.806. The number of rotatable bonds is 4. The molecular formula is C15H20N2O3. The lowest BCUT2D eigenvalue weighted by atomic mass is 9.93. The molecule has 0 spiro atoms. The molecule has 0 aliphatic carbocycles. The monoisotopic (exact) mass is 276 g/mol. The van der Waals surface area contributed by atoms with Crippen molar-refractivity contribution in [2.45, 2.75) is 38.6 Å². The Hall–Kier alpha value is -1.91. The van der Waals surface area contributed by atoms with Crippen LogP contribution in [-0.4, -0.2) is 39.5 Å². The second kappa shape index (κ2) is 6.50. The maximum absolute atomic E-state index is 12.3. The first-order valence-corrected chi connectivity index (χ1v) is 7.00. The predicted molar refractivity (Wildman–Crippen MR) is 74.1 cm³/mol. The summed E-state index contributed by atoms with van der Waals surface area (Å²) in [6, 6.07) is 5.76. The zero-order valence-corrected chi connectivity index (χ0v) is 11.7. The van der Waals surface area contributed by atoms with E-state index in [1.165, 1.54) is 0 Å². The summed E-state index contributed by atoms with van der Waals surface area (Å²) in [5.41, 5.74) is 0.889. The molecule has 1 aromatic rings. The lowest BCUT2D eigenvalue weighted by Crippen LogP contribution is -2.47. The van der Waals surface area contributed by atoms with Crippen molar-refractivity contribution in [2.24, 2.45) is 5.92 Å². The molecule has 108 valence electrons. The molecule has 2 heterocycles. The molecular weight excluding hydrogens is 256 g/mol. The maximum atomic E-state index is 12.3. The Morgan fingerprint density at radius 1 is 1.40 bits per heavy atom. The van der Waals surface area contributed by atoms with E-state index in [2.05, 4.69) is 4.98 Å². The molecule has 5 heteroatoms. The summed E-state index contributed by atoms with van der Waals surface area (Å²) in [4.78, 5) is 29.2. The molecule has 1 aliphatic rings. The van der Waals surface area contributed by atoms with Crippen LogP contribution in [0.5, 0.6) is 0 Å². The minimum absolute atomic E-state index is 0.0223. The number of hydrogen-bond acceptors (Lipinski definition) is 3. The molecule has 1 amide bonds. The SMILES string of the molecule is CC1CCC(C(=O)O)CN1C(=O)CCc1ccccn1. The van der Waals surface area contributed by atoms with Gasteiger partial charge in [0.1, 0.15) is 0 Å². The van der Waals surface area contributed by atoms with E-state index >= 15 is 0 Å². The largest absolute Gasteiger partial charge is 0.481 e. The van der Waals surface area contributed by atoms with Crippen LogP contribution in [-0.2, 0) is 16.0 Å². The van der Waals surface area contributed by atoms with Crippen LogP contribution in [0.3, 0.4) is 0 Å². The number of carbonyl (C=O) groups is 2. The van der Waals surface area contributed by atoms with Gasteiger partial charge >= 0.3 is 5.97 Å². The molecule has 1 saturated heterocycles. The molecule has 0 saturated carbocycles. The van der Waals surface area contributed by atoms with Crippen molar-refractivity contribution < 1.29 is 14.7 Å². The van der Waals surface area contributed by atoms with Gasteiger partial charge in [0, 0.05) is 30.9 Å². The van der Waals surface area contributed by atoms with E-state index in [-0.39, 0.29) is 11.9 Å². The molecule has 1 aromatic heterocycles. The standard InChI is InChI=1S/C15H20N2O3/c1-11-5-6-12(15(19)20)10-17(11)14(18)8-7-13-4-2-3-9-16-13/h2-4,9,11-12H,5-8,10H2,1H3,(H,19,20). The van der Waals surface area contributed by atoms with E-state index in [4.69, 9.17) is 5.11 Å². The Kier molecular flexibility index (Phi) is 4.71. The van der Waals surface area contributed by atoms with Crippen molar-refractivity contribution in [3.63, 3.8) is 0 Å². The van der Waals surface area contributed by atoms with E-state index in [9.17, 15) is 9.59 Å². The van der Waals surface area contributed by atoms with Crippen molar-refractivity contribution in [1.82, 2.24) is 9.88 Å². The van der Waals surface area contributed by atoms with Crippen molar-refractivity contribution >= 4 is 11.9 Å². The van der Waals surface area contributed by atoms with Gasteiger partial charge in [0.05, 0.1) is 5.92 Å². The molecule has 2 rings (SSSR count). The first-order chi connectivity index (χ1) is 9.58. The highest BCUT2D eigenvalue weighted by molar-refractivity contribution is 5.78. The van der Waals surface area contributed by atoms with E-state index < -0.39 is 11.9 Å². The van der Waals surface area contributed by atoms with Gasteiger partial charge in [-0.25, -0.2) is 0 Å². The number of pyridine rings is 1. The summed E-state index contributed by atoms with van der Waals surface area (Å²) in [6.07, 6.45) is 4.10. The molecule has 1 aliphatic heterocycles. The Labute approximate surface area is 118 Å². The van der Waals surface area contributed by atoms with Gasteiger partial charge < -0.3 is 10.0 Å². The zero-order chi connectivity index (χ0) is 14.5. The van der Waals surface area contributed by atoms with Gasteiger partial charge in [0.15, 0.2) is 0 Å². The lowest BCUT2D eigenvalue weighted by molar-refractivity contribution is -0.147. The molecule has 1 fully saturated rings. The molecule has 2 unspecified atom stereocenters. The van der Waals surface area contributed by atoms with Crippen LogP contribution in [0.1, 0.15) is 31.9 Å². The van der Waals surface area contributed by atoms with Gasteiger partial charge in [-0.05, 0) is 38.3 Å². The minimum Gasteiger partial charge on any atom is -0.481 e. The maximum Gasteiger partial charge on any atom is 0.308 e. The van der Waals surface area contributed by atoms with Crippen LogP contribution in [0.4, 0.5) is 0 Å². The summed E-state index contributed by atoms with van der Waals surface area (Å²) < 4.78 is 0. The number of piperidine rings is 1. The molecule has 0 aromatic carbocycles. The molecule has 5 nitrogen and oxygen atoms in total. The molecule has 0 radical (unpaired) electrons. The number of aliphatic carboxylic acids is 1. The van der Waals surface area contributed by atoms with Crippen molar-refractivity contribution in [3.8, 4) is 0 Å². The number of amides is 1. The van der Waals surface area contributed by atoms with Gasteiger partial charge in [0.2, 0.25) is 5.91 Å². The van der Waals surface area contributed by atoms with Gasteiger partial charge in [-0.1, -0.05) is 6.07 Å². The van der Waals surface area contributed by atoms with E-state index in [0.29, 0.717) is 25.8 Å². The van der Waals surface area contributed by atoms with Crippen molar-refractivity contribution in [3.05, 3.63) is 30.1 Å². The highest BCUT2D eigenvalue weighted by Crippen LogP contribution is 2.23. The number of hydrogen-bond donors (Lipinski definition) is 1. The van der Waals surface area contributed by atoms with Gasteiger partial charge in [0.25, 0.3) is 0 Å². The van der Waals surface area contributed by atoms with Gasteiger partial charge in [-0.3, -0.25) is 14.6 Å². The molecule has 1 N–H and O–H groups in total. The molecule has 20 heavy (non-hydrogen) atoms. The van der Waals surface area contributed by atoms with Crippen LogP contribution in [0, 0.1) is 5.92 Å². The summed E-state index contributed by atoms with van der Waals surface area (Å²) in [5.74, 6) is -1.21. The third-order valence-corrected chi connectivity index (χ3v) is 3.87. The number of carbonyl (C=O) groups excluding carboxylic acids is 1. The second-order valence-electron chi connectivity index (χ2n) is 5.33. The van der Waals surface area contributed by atoms with Crippen molar-refractivity contribution in [1.29, 1.82) is 0 Å².